The minimum atomic E-state index is -0.336. The molecule has 1 heterocycles. The van der Waals surface area contributed by atoms with E-state index >= 15 is 0 Å². The maximum atomic E-state index is 12.2. The number of amides is 2. The molecule has 0 saturated carbocycles. The Morgan fingerprint density at radius 2 is 1.92 bits per heavy atom. The van der Waals surface area contributed by atoms with Crippen LogP contribution in [0.25, 0.3) is 0 Å². The molecule has 1 aromatic carbocycles. The molecule has 24 heavy (non-hydrogen) atoms. The summed E-state index contributed by atoms with van der Waals surface area (Å²) in [7, 11) is 0. The fourth-order valence-corrected chi connectivity index (χ4v) is 2.21. The predicted molar refractivity (Wildman–Crippen MR) is 91.5 cm³/mol. The lowest BCUT2D eigenvalue weighted by Crippen LogP contribution is -2.39. The summed E-state index contributed by atoms with van der Waals surface area (Å²) in [4.78, 5) is 23.2. The van der Waals surface area contributed by atoms with Gasteiger partial charge in [-0.05, 0) is 31.0 Å². The summed E-state index contributed by atoms with van der Waals surface area (Å²) in [5.74, 6) is 0.801. The fraction of sp³-hybridized carbons (Fsp3) is 0.353. The van der Waals surface area contributed by atoms with Crippen molar-refractivity contribution in [2.24, 2.45) is 0 Å². The molecule has 128 valence electrons. The lowest BCUT2D eigenvalue weighted by molar-refractivity contribution is -0.118. The van der Waals surface area contributed by atoms with Crippen molar-refractivity contribution >= 4 is 23.3 Å². The highest BCUT2D eigenvalue weighted by Crippen LogP contribution is 2.11. The van der Waals surface area contributed by atoms with Gasteiger partial charge in [0.15, 0.2) is 5.82 Å². The monoisotopic (exact) mass is 330 g/mol. The zero-order valence-electron chi connectivity index (χ0n) is 14.1. The van der Waals surface area contributed by atoms with Gasteiger partial charge in [0.2, 0.25) is 11.8 Å². The SMILES string of the molecule is CC[C@H](NCc1ccc(NC(C)=O)cc1)C(=O)Nc1cc(C)on1. The Balaban J connectivity index is 1.88. The molecule has 0 aliphatic heterocycles. The second-order valence-electron chi connectivity index (χ2n) is 5.53. The molecule has 2 aromatic rings. The summed E-state index contributed by atoms with van der Waals surface area (Å²) in [6, 6.07) is 8.81. The summed E-state index contributed by atoms with van der Waals surface area (Å²) >= 11 is 0. The van der Waals surface area contributed by atoms with Gasteiger partial charge in [-0.1, -0.05) is 24.2 Å². The topological polar surface area (TPSA) is 96.3 Å². The molecule has 0 unspecified atom stereocenters. The number of nitrogens with zero attached hydrogens (tertiary/aromatic N) is 1. The second-order valence-corrected chi connectivity index (χ2v) is 5.53. The van der Waals surface area contributed by atoms with Crippen LogP contribution in [0.5, 0.6) is 0 Å². The third-order valence-electron chi connectivity index (χ3n) is 3.43. The Hall–Kier alpha value is -2.67. The van der Waals surface area contributed by atoms with Crippen LogP contribution in [-0.2, 0) is 16.1 Å². The smallest absolute Gasteiger partial charge is 0.242 e. The quantitative estimate of drug-likeness (QED) is 0.724. The summed E-state index contributed by atoms with van der Waals surface area (Å²) in [6.07, 6.45) is 0.645. The minimum Gasteiger partial charge on any atom is -0.360 e. The molecule has 2 rings (SSSR count). The average molecular weight is 330 g/mol. The number of aryl methyl sites for hydroxylation is 1. The van der Waals surface area contributed by atoms with Crippen molar-refractivity contribution in [3.63, 3.8) is 0 Å². The number of nitrogens with one attached hydrogen (secondary N) is 3. The Bertz CT molecular complexity index is 694. The third kappa shape index (κ3) is 5.20. The van der Waals surface area contributed by atoms with Crippen LogP contribution in [0.1, 0.15) is 31.6 Å². The number of carbonyl (C=O) groups excluding carboxylic acids is 2. The summed E-state index contributed by atoms with van der Waals surface area (Å²) in [5.41, 5.74) is 1.77. The number of aromatic nitrogens is 1. The number of anilines is 2. The third-order valence-corrected chi connectivity index (χ3v) is 3.43. The first-order valence-electron chi connectivity index (χ1n) is 7.82. The first-order chi connectivity index (χ1) is 11.5. The van der Waals surface area contributed by atoms with Crippen molar-refractivity contribution in [1.82, 2.24) is 10.5 Å². The lowest BCUT2D eigenvalue weighted by atomic mass is 10.1. The van der Waals surface area contributed by atoms with E-state index in [2.05, 4.69) is 21.1 Å². The number of rotatable bonds is 7. The van der Waals surface area contributed by atoms with Crippen LogP contribution in [0, 0.1) is 6.92 Å². The van der Waals surface area contributed by atoms with E-state index < -0.39 is 0 Å². The molecule has 0 aliphatic carbocycles. The molecule has 0 spiro atoms. The average Bonchev–Trinajstić information content (AvgIpc) is 2.94. The number of carbonyl (C=O) groups is 2. The molecular formula is C17H22N4O3. The highest BCUT2D eigenvalue weighted by molar-refractivity contribution is 5.94. The maximum Gasteiger partial charge on any atom is 0.242 e. The van der Waals surface area contributed by atoms with Crippen LogP contribution in [-0.4, -0.2) is 23.0 Å². The Kier molecular flexibility index (Phi) is 6.08. The molecule has 0 bridgehead atoms. The predicted octanol–water partition coefficient (Wildman–Crippen LogP) is 2.45. The summed E-state index contributed by atoms with van der Waals surface area (Å²) in [5, 5.41) is 12.4. The molecule has 0 fully saturated rings. The highest BCUT2D eigenvalue weighted by Gasteiger charge is 2.17. The van der Waals surface area contributed by atoms with Crippen LogP contribution in [0.4, 0.5) is 11.5 Å². The van der Waals surface area contributed by atoms with Gasteiger partial charge in [-0.2, -0.15) is 0 Å². The number of hydrogen-bond donors (Lipinski definition) is 3. The van der Waals surface area contributed by atoms with Crippen LogP contribution in [0.2, 0.25) is 0 Å². The normalized spacial score (nSPS) is 11.8. The van der Waals surface area contributed by atoms with Crippen molar-refractivity contribution in [1.29, 1.82) is 0 Å². The molecule has 0 aliphatic rings. The van der Waals surface area contributed by atoms with Gasteiger partial charge in [0.05, 0.1) is 6.04 Å². The number of hydrogen-bond acceptors (Lipinski definition) is 5. The van der Waals surface area contributed by atoms with Gasteiger partial charge in [-0.3, -0.25) is 9.59 Å². The van der Waals surface area contributed by atoms with E-state index in [-0.39, 0.29) is 17.9 Å². The zero-order chi connectivity index (χ0) is 17.5. The van der Waals surface area contributed by atoms with Gasteiger partial charge < -0.3 is 20.5 Å². The Morgan fingerprint density at radius 1 is 1.21 bits per heavy atom. The van der Waals surface area contributed by atoms with Gasteiger partial charge in [0.25, 0.3) is 0 Å². The van der Waals surface area contributed by atoms with Crippen molar-refractivity contribution in [2.45, 2.75) is 39.8 Å². The van der Waals surface area contributed by atoms with E-state index in [9.17, 15) is 9.59 Å². The zero-order valence-corrected chi connectivity index (χ0v) is 14.1. The minimum absolute atomic E-state index is 0.105. The van der Waals surface area contributed by atoms with E-state index in [1.54, 1.807) is 13.0 Å². The van der Waals surface area contributed by atoms with Gasteiger partial charge in [0.1, 0.15) is 5.76 Å². The molecule has 2 amide bonds. The van der Waals surface area contributed by atoms with Gasteiger partial charge in [0, 0.05) is 25.2 Å². The first kappa shape index (κ1) is 17.7. The van der Waals surface area contributed by atoms with Crippen molar-refractivity contribution in [3.05, 3.63) is 41.7 Å². The Morgan fingerprint density at radius 3 is 2.46 bits per heavy atom. The largest absolute Gasteiger partial charge is 0.360 e. The summed E-state index contributed by atoms with van der Waals surface area (Å²) in [6.45, 7) is 5.72. The van der Waals surface area contributed by atoms with Crippen LogP contribution >= 0.6 is 0 Å². The fourth-order valence-electron chi connectivity index (χ4n) is 2.21. The maximum absolute atomic E-state index is 12.2. The van der Waals surface area contributed by atoms with E-state index in [1.807, 2.05) is 31.2 Å². The lowest BCUT2D eigenvalue weighted by Gasteiger charge is -2.16. The van der Waals surface area contributed by atoms with E-state index in [0.717, 1.165) is 11.3 Å². The summed E-state index contributed by atoms with van der Waals surface area (Å²) < 4.78 is 4.93. The van der Waals surface area contributed by atoms with Crippen molar-refractivity contribution in [2.75, 3.05) is 10.6 Å². The van der Waals surface area contributed by atoms with Gasteiger partial charge in [-0.25, -0.2) is 0 Å². The number of benzene rings is 1. The molecule has 7 heteroatoms. The molecule has 7 nitrogen and oxygen atoms in total. The molecule has 1 atom stereocenters. The van der Waals surface area contributed by atoms with Crippen LogP contribution in [0.3, 0.4) is 0 Å². The highest BCUT2D eigenvalue weighted by atomic mass is 16.5. The van der Waals surface area contributed by atoms with Crippen molar-refractivity contribution in [3.8, 4) is 0 Å². The van der Waals surface area contributed by atoms with Gasteiger partial charge >= 0.3 is 0 Å². The van der Waals surface area contributed by atoms with E-state index in [0.29, 0.717) is 24.5 Å². The molecular weight excluding hydrogens is 308 g/mol. The second kappa shape index (κ2) is 8.26. The van der Waals surface area contributed by atoms with Crippen LogP contribution < -0.4 is 16.0 Å². The van der Waals surface area contributed by atoms with Gasteiger partial charge in [-0.15, -0.1) is 0 Å². The molecule has 3 N–H and O–H groups in total. The first-order valence-corrected chi connectivity index (χ1v) is 7.82. The van der Waals surface area contributed by atoms with Crippen molar-refractivity contribution < 1.29 is 14.1 Å². The standard InChI is InChI=1S/C17H22N4O3/c1-4-15(17(23)20-16-9-11(2)24-21-16)18-10-13-5-7-14(8-6-13)19-12(3)22/h5-9,15,18H,4,10H2,1-3H3,(H,19,22)(H,20,21,23)/t15-/m0/s1. The van der Waals surface area contributed by atoms with Crippen LogP contribution in [0.15, 0.2) is 34.9 Å². The molecule has 1 aromatic heterocycles. The molecule has 0 radical (unpaired) electrons. The van der Waals surface area contributed by atoms with E-state index in [4.69, 9.17) is 4.52 Å². The van der Waals surface area contributed by atoms with E-state index in [1.165, 1.54) is 6.92 Å². The Labute approximate surface area is 140 Å². The molecule has 0 saturated heterocycles.